The first-order valence-corrected chi connectivity index (χ1v) is 7.66. The van der Waals surface area contributed by atoms with E-state index >= 15 is 0 Å². The van der Waals surface area contributed by atoms with Crippen LogP contribution in [0, 0.1) is 0 Å². The second-order valence-corrected chi connectivity index (χ2v) is 6.64. The molecule has 1 aliphatic heterocycles. The zero-order chi connectivity index (χ0) is 13.1. The second kappa shape index (κ2) is 5.89. The van der Waals surface area contributed by atoms with E-state index in [-0.39, 0.29) is 5.54 Å². The summed E-state index contributed by atoms with van der Waals surface area (Å²) in [6.07, 6.45) is 6.94. The van der Waals surface area contributed by atoms with Gasteiger partial charge in [0.15, 0.2) is 0 Å². The van der Waals surface area contributed by atoms with Gasteiger partial charge < -0.3 is 10.1 Å². The zero-order valence-electron chi connectivity index (χ0n) is 12.4. The SMILES string of the molecule is CCOCCN1CC(C)(C)NCC12CCCCC2. The molecule has 2 fully saturated rings. The number of piperazine rings is 1. The van der Waals surface area contributed by atoms with Crippen LogP contribution in [0.25, 0.3) is 0 Å². The number of nitrogens with one attached hydrogen (secondary N) is 1. The van der Waals surface area contributed by atoms with Gasteiger partial charge in [-0.1, -0.05) is 19.3 Å². The minimum absolute atomic E-state index is 0.245. The first-order valence-electron chi connectivity index (χ1n) is 7.66. The molecule has 3 nitrogen and oxygen atoms in total. The van der Waals surface area contributed by atoms with E-state index in [4.69, 9.17) is 4.74 Å². The van der Waals surface area contributed by atoms with Crippen LogP contribution in [0.4, 0.5) is 0 Å². The maximum Gasteiger partial charge on any atom is 0.0593 e. The highest BCUT2D eigenvalue weighted by molar-refractivity contribution is 5.03. The minimum atomic E-state index is 0.245. The van der Waals surface area contributed by atoms with Crippen LogP contribution in [0.2, 0.25) is 0 Å². The monoisotopic (exact) mass is 254 g/mol. The highest BCUT2D eigenvalue weighted by atomic mass is 16.5. The second-order valence-electron chi connectivity index (χ2n) is 6.64. The lowest BCUT2D eigenvalue weighted by molar-refractivity contribution is -0.0264. The third-order valence-electron chi connectivity index (χ3n) is 4.65. The van der Waals surface area contributed by atoms with Gasteiger partial charge in [0.05, 0.1) is 6.61 Å². The molecule has 1 saturated heterocycles. The van der Waals surface area contributed by atoms with Crippen molar-refractivity contribution in [1.29, 1.82) is 0 Å². The summed E-state index contributed by atoms with van der Waals surface area (Å²) in [7, 11) is 0. The van der Waals surface area contributed by atoms with Crippen LogP contribution in [0.5, 0.6) is 0 Å². The van der Waals surface area contributed by atoms with Gasteiger partial charge in [-0.25, -0.2) is 0 Å². The molecule has 0 radical (unpaired) electrons. The maximum atomic E-state index is 5.58. The Bertz CT molecular complexity index is 259. The van der Waals surface area contributed by atoms with Gasteiger partial charge in [0.25, 0.3) is 0 Å². The van der Waals surface area contributed by atoms with Crippen molar-refractivity contribution in [3.05, 3.63) is 0 Å². The van der Waals surface area contributed by atoms with Crippen molar-refractivity contribution in [2.75, 3.05) is 32.8 Å². The fourth-order valence-corrected chi connectivity index (χ4v) is 3.55. The van der Waals surface area contributed by atoms with E-state index in [2.05, 4.69) is 31.0 Å². The highest BCUT2D eigenvalue weighted by Gasteiger charge is 2.44. The van der Waals surface area contributed by atoms with Crippen LogP contribution in [0.15, 0.2) is 0 Å². The predicted molar refractivity (Wildman–Crippen MR) is 76.0 cm³/mol. The Hall–Kier alpha value is -0.120. The Balaban J connectivity index is 2.01. The van der Waals surface area contributed by atoms with E-state index in [1.54, 1.807) is 0 Å². The molecule has 106 valence electrons. The van der Waals surface area contributed by atoms with Crippen LogP contribution in [-0.4, -0.2) is 48.8 Å². The third kappa shape index (κ3) is 3.25. The molecule has 0 aromatic carbocycles. The van der Waals surface area contributed by atoms with E-state index < -0.39 is 0 Å². The average Bonchev–Trinajstić information content (AvgIpc) is 2.36. The molecule has 1 N–H and O–H groups in total. The molecule has 0 amide bonds. The lowest BCUT2D eigenvalue weighted by atomic mass is 9.77. The molecule has 1 heterocycles. The molecule has 0 aromatic heterocycles. The van der Waals surface area contributed by atoms with E-state index in [1.807, 2.05) is 0 Å². The Morgan fingerprint density at radius 2 is 1.89 bits per heavy atom. The molecular formula is C15H30N2O. The highest BCUT2D eigenvalue weighted by Crippen LogP contribution is 2.36. The maximum absolute atomic E-state index is 5.58. The summed E-state index contributed by atoms with van der Waals surface area (Å²) in [5, 5.41) is 3.76. The van der Waals surface area contributed by atoms with E-state index in [0.717, 1.165) is 32.8 Å². The molecule has 2 rings (SSSR count). The molecule has 0 unspecified atom stereocenters. The van der Waals surface area contributed by atoms with Gasteiger partial charge in [0.1, 0.15) is 0 Å². The molecule has 0 bridgehead atoms. The Kier molecular flexibility index (Phi) is 4.68. The standard InChI is InChI=1S/C15H30N2O/c1-4-18-11-10-17-13-14(2,3)16-12-15(17)8-6-5-7-9-15/h16H,4-13H2,1-3H3. The lowest BCUT2D eigenvalue weighted by Crippen LogP contribution is -2.69. The minimum Gasteiger partial charge on any atom is -0.380 e. The summed E-state index contributed by atoms with van der Waals surface area (Å²) in [6.45, 7) is 11.8. The lowest BCUT2D eigenvalue weighted by Gasteiger charge is -2.54. The van der Waals surface area contributed by atoms with Crippen LogP contribution in [0.1, 0.15) is 52.9 Å². The number of ether oxygens (including phenoxy) is 1. The smallest absolute Gasteiger partial charge is 0.0593 e. The first-order chi connectivity index (χ1) is 8.58. The summed E-state index contributed by atoms with van der Waals surface area (Å²) in [5.41, 5.74) is 0.666. The van der Waals surface area contributed by atoms with Gasteiger partial charge in [-0.05, 0) is 33.6 Å². The number of rotatable bonds is 4. The fraction of sp³-hybridized carbons (Fsp3) is 1.00. The zero-order valence-corrected chi connectivity index (χ0v) is 12.4. The van der Waals surface area contributed by atoms with Crippen molar-refractivity contribution in [3.8, 4) is 0 Å². The number of hydrogen-bond acceptors (Lipinski definition) is 3. The molecule has 1 spiro atoms. The predicted octanol–water partition coefficient (Wildman–Crippen LogP) is 2.41. The van der Waals surface area contributed by atoms with Gasteiger partial charge in [0, 0.05) is 37.3 Å². The van der Waals surface area contributed by atoms with E-state index in [9.17, 15) is 0 Å². The number of hydrogen-bond donors (Lipinski definition) is 1. The molecule has 2 aliphatic rings. The average molecular weight is 254 g/mol. The molecule has 0 aromatic rings. The Morgan fingerprint density at radius 1 is 1.17 bits per heavy atom. The van der Waals surface area contributed by atoms with Gasteiger partial charge >= 0.3 is 0 Å². The summed E-state index contributed by atoms with van der Waals surface area (Å²) >= 11 is 0. The summed E-state index contributed by atoms with van der Waals surface area (Å²) in [5.74, 6) is 0. The Labute approximate surface area is 112 Å². The quantitative estimate of drug-likeness (QED) is 0.780. The fourth-order valence-electron chi connectivity index (χ4n) is 3.55. The van der Waals surface area contributed by atoms with Gasteiger partial charge in [-0.15, -0.1) is 0 Å². The third-order valence-corrected chi connectivity index (χ3v) is 4.65. The number of nitrogens with zero attached hydrogens (tertiary/aromatic N) is 1. The summed E-state index contributed by atoms with van der Waals surface area (Å²) < 4.78 is 5.58. The normalized spacial score (nSPS) is 27.5. The van der Waals surface area contributed by atoms with Crippen molar-refractivity contribution in [2.45, 2.75) is 64.0 Å². The van der Waals surface area contributed by atoms with Crippen molar-refractivity contribution >= 4 is 0 Å². The Morgan fingerprint density at radius 3 is 2.56 bits per heavy atom. The van der Waals surface area contributed by atoms with Crippen molar-refractivity contribution in [1.82, 2.24) is 10.2 Å². The molecule has 1 aliphatic carbocycles. The molecule has 3 heteroatoms. The summed E-state index contributed by atoms with van der Waals surface area (Å²) in [6, 6.07) is 0. The molecule has 0 atom stereocenters. The van der Waals surface area contributed by atoms with Crippen molar-refractivity contribution in [2.24, 2.45) is 0 Å². The van der Waals surface area contributed by atoms with Gasteiger partial charge in [0.2, 0.25) is 0 Å². The van der Waals surface area contributed by atoms with Crippen molar-refractivity contribution in [3.63, 3.8) is 0 Å². The van der Waals surface area contributed by atoms with Crippen LogP contribution >= 0.6 is 0 Å². The van der Waals surface area contributed by atoms with E-state index in [1.165, 1.54) is 32.1 Å². The van der Waals surface area contributed by atoms with Crippen molar-refractivity contribution < 1.29 is 4.74 Å². The van der Waals surface area contributed by atoms with Crippen LogP contribution in [-0.2, 0) is 4.74 Å². The molecule has 1 saturated carbocycles. The van der Waals surface area contributed by atoms with Gasteiger partial charge in [-0.3, -0.25) is 4.90 Å². The van der Waals surface area contributed by atoms with E-state index in [0.29, 0.717) is 5.54 Å². The van der Waals surface area contributed by atoms with Crippen LogP contribution < -0.4 is 5.32 Å². The molecule has 18 heavy (non-hydrogen) atoms. The topological polar surface area (TPSA) is 24.5 Å². The van der Waals surface area contributed by atoms with Crippen LogP contribution in [0.3, 0.4) is 0 Å². The summed E-state index contributed by atoms with van der Waals surface area (Å²) in [4.78, 5) is 2.72. The largest absolute Gasteiger partial charge is 0.380 e. The first kappa shape index (κ1) is 14.3. The molecular weight excluding hydrogens is 224 g/mol. The van der Waals surface area contributed by atoms with Gasteiger partial charge in [-0.2, -0.15) is 0 Å².